The molecule has 0 aliphatic carbocycles. The van der Waals surface area contributed by atoms with E-state index in [1.165, 1.54) is 10.7 Å². The molecule has 2 heterocycles. The minimum absolute atomic E-state index is 0.314. The van der Waals surface area contributed by atoms with Crippen molar-refractivity contribution in [3.8, 4) is 5.69 Å². The van der Waals surface area contributed by atoms with Gasteiger partial charge in [-0.3, -0.25) is 0 Å². The number of nitrogens with zero attached hydrogens (tertiary/aromatic N) is 3. The first-order valence-electron chi connectivity index (χ1n) is 6.17. The van der Waals surface area contributed by atoms with Crippen LogP contribution in [0.25, 0.3) is 5.69 Å². The lowest BCUT2D eigenvalue weighted by Gasteiger charge is -2.02. The smallest absolute Gasteiger partial charge is 0.213 e. The number of oxazole rings is 1. The topological polar surface area (TPSA) is 55.9 Å². The number of aryl methyl sites for hydroxylation is 1. The normalized spacial score (nSPS) is 10.7. The zero-order valence-corrected chi connectivity index (χ0v) is 10.9. The van der Waals surface area contributed by atoms with E-state index in [1.807, 2.05) is 6.92 Å². The number of hydrogen-bond acceptors (Lipinski definition) is 4. The number of rotatable bonds is 4. The summed E-state index contributed by atoms with van der Waals surface area (Å²) in [4.78, 5) is 4.09. The lowest BCUT2D eigenvalue weighted by molar-refractivity contribution is 0.479. The first-order valence-corrected chi connectivity index (χ1v) is 6.17. The highest BCUT2D eigenvalue weighted by Crippen LogP contribution is 2.15. The van der Waals surface area contributed by atoms with Crippen LogP contribution in [0.2, 0.25) is 0 Å². The minimum atomic E-state index is -0.314. The SMILES string of the molecule is Cc1cnc(CNc2cnn(-c3ccccc3F)c2)o1. The lowest BCUT2D eigenvalue weighted by Crippen LogP contribution is -1.99. The maximum Gasteiger partial charge on any atom is 0.213 e. The van der Waals surface area contributed by atoms with Crippen LogP contribution < -0.4 is 5.32 Å². The van der Waals surface area contributed by atoms with Crippen molar-refractivity contribution in [2.24, 2.45) is 0 Å². The van der Waals surface area contributed by atoms with E-state index in [1.54, 1.807) is 36.8 Å². The van der Waals surface area contributed by atoms with Crippen molar-refractivity contribution in [3.05, 3.63) is 60.3 Å². The molecule has 0 atom stereocenters. The van der Waals surface area contributed by atoms with Gasteiger partial charge in [0.25, 0.3) is 0 Å². The Morgan fingerprint density at radius 2 is 2.15 bits per heavy atom. The monoisotopic (exact) mass is 272 g/mol. The Morgan fingerprint density at radius 1 is 1.30 bits per heavy atom. The first kappa shape index (κ1) is 12.4. The average Bonchev–Trinajstić information content (AvgIpc) is 3.06. The summed E-state index contributed by atoms with van der Waals surface area (Å²) in [5.41, 5.74) is 1.18. The molecule has 3 aromatic rings. The molecule has 0 aliphatic heterocycles. The molecule has 102 valence electrons. The molecule has 1 N–H and O–H groups in total. The number of hydrogen-bond donors (Lipinski definition) is 1. The van der Waals surface area contributed by atoms with Gasteiger partial charge in [0.1, 0.15) is 17.3 Å². The number of benzene rings is 1. The number of anilines is 1. The quantitative estimate of drug-likeness (QED) is 0.793. The summed E-state index contributed by atoms with van der Waals surface area (Å²) in [6.07, 6.45) is 5.01. The van der Waals surface area contributed by atoms with Crippen molar-refractivity contribution in [3.63, 3.8) is 0 Å². The van der Waals surface area contributed by atoms with E-state index in [2.05, 4.69) is 15.4 Å². The van der Waals surface area contributed by atoms with Gasteiger partial charge in [0.05, 0.1) is 30.8 Å². The summed E-state index contributed by atoms with van der Waals surface area (Å²) >= 11 is 0. The number of nitrogens with one attached hydrogen (secondary N) is 1. The highest BCUT2D eigenvalue weighted by atomic mass is 19.1. The van der Waals surface area contributed by atoms with Gasteiger partial charge in [-0.1, -0.05) is 12.1 Å². The van der Waals surface area contributed by atoms with Gasteiger partial charge in [-0.15, -0.1) is 0 Å². The zero-order valence-electron chi connectivity index (χ0n) is 10.9. The van der Waals surface area contributed by atoms with Crippen molar-refractivity contribution in [2.45, 2.75) is 13.5 Å². The van der Waals surface area contributed by atoms with Crippen LogP contribution in [0, 0.1) is 12.7 Å². The maximum atomic E-state index is 13.6. The fraction of sp³-hybridized carbons (Fsp3) is 0.143. The van der Waals surface area contributed by atoms with Gasteiger partial charge < -0.3 is 9.73 Å². The third-order valence-electron chi connectivity index (χ3n) is 2.79. The van der Waals surface area contributed by atoms with Crippen LogP contribution in [0.1, 0.15) is 11.7 Å². The molecule has 6 heteroatoms. The highest BCUT2D eigenvalue weighted by Gasteiger charge is 2.06. The second kappa shape index (κ2) is 5.16. The van der Waals surface area contributed by atoms with Gasteiger partial charge in [0.15, 0.2) is 0 Å². The van der Waals surface area contributed by atoms with Crippen LogP contribution in [0.4, 0.5) is 10.1 Å². The van der Waals surface area contributed by atoms with Crippen LogP contribution >= 0.6 is 0 Å². The summed E-state index contributed by atoms with van der Waals surface area (Å²) in [5.74, 6) is 1.05. The van der Waals surface area contributed by atoms with Gasteiger partial charge in [-0.25, -0.2) is 14.1 Å². The fourth-order valence-corrected chi connectivity index (χ4v) is 1.84. The molecule has 0 unspecified atom stereocenters. The molecule has 5 nitrogen and oxygen atoms in total. The summed E-state index contributed by atoms with van der Waals surface area (Å²) in [6, 6.07) is 6.48. The molecule has 0 amide bonds. The van der Waals surface area contributed by atoms with Gasteiger partial charge >= 0.3 is 0 Å². The Balaban J connectivity index is 1.72. The molecule has 3 rings (SSSR count). The number of para-hydroxylation sites is 1. The molecule has 0 saturated heterocycles. The van der Waals surface area contributed by atoms with E-state index in [-0.39, 0.29) is 5.82 Å². The fourth-order valence-electron chi connectivity index (χ4n) is 1.84. The van der Waals surface area contributed by atoms with Crippen molar-refractivity contribution >= 4 is 5.69 Å². The minimum Gasteiger partial charge on any atom is -0.444 e. The largest absolute Gasteiger partial charge is 0.444 e. The van der Waals surface area contributed by atoms with E-state index in [9.17, 15) is 4.39 Å². The van der Waals surface area contributed by atoms with E-state index in [4.69, 9.17) is 4.42 Å². The summed E-state index contributed by atoms with van der Waals surface area (Å²) < 4.78 is 20.5. The molecule has 1 aromatic carbocycles. The third kappa shape index (κ3) is 2.54. The predicted octanol–water partition coefficient (Wildman–Crippen LogP) is 2.92. The molecule has 0 fully saturated rings. The van der Waals surface area contributed by atoms with Crippen LogP contribution in [-0.2, 0) is 6.54 Å². The van der Waals surface area contributed by atoms with E-state index >= 15 is 0 Å². The van der Waals surface area contributed by atoms with Gasteiger partial charge in [0, 0.05) is 0 Å². The average molecular weight is 272 g/mol. The van der Waals surface area contributed by atoms with Gasteiger partial charge in [-0.05, 0) is 19.1 Å². The Hall–Kier alpha value is -2.63. The Labute approximate surface area is 115 Å². The standard InChI is InChI=1S/C14H13FN4O/c1-10-6-17-14(20-10)8-16-11-7-18-19(9-11)13-5-3-2-4-12(13)15/h2-7,9,16H,8H2,1H3. The molecule has 0 radical (unpaired) electrons. The van der Waals surface area contributed by atoms with E-state index < -0.39 is 0 Å². The first-order chi connectivity index (χ1) is 9.72. The van der Waals surface area contributed by atoms with Gasteiger partial charge in [-0.2, -0.15) is 5.10 Å². The van der Waals surface area contributed by atoms with Crippen molar-refractivity contribution in [1.29, 1.82) is 0 Å². The molecule has 0 aliphatic rings. The summed E-state index contributed by atoms with van der Waals surface area (Å²) in [5, 5.41) is 7.25. The van der Waals surface area contributed by atoms with Gasteiger partial charge in [0.2, 0.25) is 5.89 Å². The number of halogens is 1. The van der Waals surface area contributed by atoms with Crippen LogP contribution in [0.5, 0.6) is 0 Å². The molecule has 0 spiro atoms. The lowest BCUT2D eigenvalue weighted by atomic mass is 10.3. The molecule has 20 heavy (non-hydrogen) atoms. The molecule has 2 aromatic heterocycles. The Morgan fingerprint density at radius 3 is 2.90 bits per heavy atom. The second-order valence-corrected chi connectivity index (χ2v) is 4.34. The van der Waals surface area contributed by atoms with E-state index in [0.717, 1.165) is 11.4 Å². The summed E-state index contributed by atoms with van der Waals surface area (Å²) in [7, 11) is 0. The highest BCUT2D eigenvalue weighted by molar-refractivity contribution is 5.42. The predicted molar refractivity (Wildman–Crippen MR) is 72.1 cm³/mol. The van der Waals surface area contributed by atoms with Crippen molar-refractivity contribution in [2.75, 3.05) is 5.32 Å². The van der Waals surface area contributed by atoms with E-state index in [0.29, 0.717) is 18.1 Å². The zero-order chi connectivity index (χ0) is 13.9. The molecular weight excluding hydrogens is 259 g/mol. The van der Waals surface area contributed by atoms with Crippen LogP contribution in [0.3, 0.4) is 0 Å². The van der Waals surface area contributed by atoms with Crippen molar-refractivity contribution in [1.82, 2.24) is 14.8 Å². The van der Waals surface area contributed by atoms with Crippen molar-refractivity contribution < 1.29 is 8.81 Å². The summed E-state index contributed by atoms with van der Waals surface area (Å²) in [6.45, 7) is 2.30. The van der Waals surface area contributed by atoms with Crippen LogP contribution in [0.15, 0.2) is 47.3 Å². The van der Waals surface area contributed by atoms with Crippen LogP contribution in [-0.4, -0.2) is 14.8 Å². The maximum absolute atomic E-state index is 13.6. The Kier molecular flexibility index (Phi) is 3.20. The number of aromatic nitrogens is 3. The molecule has 0 saturated carbocycles. The second-order valence-electron chi connectivity index (χ2n) is 4.34. The third-order valence-corrected chi connectivity index (χ3v) is 2.79. The molecular formula is C14H13FN4O. The Bertz CT molecular complexity index is 719. The molecule has 0 bridgehead atoms.